The molecule has 0 saturated heterocycles. The molecule has 2 aliphatic rings. The SMILES string of the molecule is Cc1ccc2ccc3c4c2c1CCC4CCC3. The van der Waals surface area contributed by atoms with E-state index in [0.717, 1.165) is 5.92 Å². The molecule has 0 aromatic heterocycles. The van der Waals surface area contributed by atoms with Crippen molar-refractivity contribution in [2.75, 3.05) is 0 Å². The van der Waals surface area contributed by atoms with Crippen molar-refractivity contribution in [3.05, 3.63) is 46.5 Å². The van der Waals surface area contributed by atoms with Gasteiger partial charge in [-0.05, 0) is 78.0 Å². The van der Waals surface area contributed by atoms with Crippen molar-refractivity contribution in [3.63, 3.8) is 0 Å². The normalized spacial score (nSPS) is 21.8. The Hall–Kier alpha value is -1.30. The molecule has 17 heavy (non-hydrogen) atoms. The van der Waals surface area contributed by atoms with E-state index in [1.165, 1.54) is 43.1 Å². The van der Waals surface area contributed by atoms with Crippen LogP contribution in [-0.4, -0.2) is 0 Å². The molecule has 0 heteroatoms. The van der Waals surface area contributed by atoms with E-state index in [1.807, 2.05) is 0 Å². The van der Waals surface area contributed by atoms with Crippen LogP contribution in [0.15, 0.2) is 24.3 Å². The van der Waals surface area contributed by atoms with Crippen molar-refractivity contribution >= 4 is 10.8 Å². The molecule has 0 N–H and O–H groups in total. The highest BCUT2D eigenvalue weighted by atomic mass is 14.3. The van der Waals surface area contributed by atoms with Crippen LogP contribution in [0.4, 0.5) is 0 Å². The van der Waals surface area contributed by atoms with Gasteiger partial charge in [-0.1, -0.05) is 24.3 Å². The van der Waals surface area contributed by atoms with Crippen LogP contribution in [0.5, 0.6) is 0 Å². The van der Waals surface area contributed by atoms with Gasteiger partial charge >= 0.3 is 0 Å². The Morgan fingerprint density at radius 2 is 1.88 bits per heavy atom. The number of rotatable bonds is 0. The van der Waals surface area contributed by atoms with E-state index in [-0.39, 0.29) is 0 Å². The fourth-order valence-corrected chi connectivity index (χ4v) is 3.96. The Kier molecular flexibility index (Phi) is 1.91. The summed E-state index contributed by atoms with van der Waals surface area (Å²) in [6, 6.07) is 9.33. The third-order valence-corrected chi connectivity index (χ3v) is 4.81. The van der Waals surface area contributed by atoms with Crippen molar-refractivity contribution in [2.45, 2.75) is 44.9 Å². The van der Waals surface area contributed by atoms with Crippen molar-refractivity contribution in [1.82, 2.24) is 0 Å². The van der Waals surface area contributed by atoms with Crippen molar-refractivity contribution in [3.8, 4) is 0 Å². The van der Waals surface area contributed by atoms with Gasteiger partial charge in [0.15, 0.2) is 0 Å². The first-order valence-electron chi connectivity index (χ1n) is 6.88. The second-order valence-corrected chi connectivity index (χ2v) is 5.73. The monoisotopic (exact) mass is 222 g/mol. The largest absolute Gasteiger partial charge is 0.0584 e. The number of aryl methyl sites for hydroxylation is 3. The summed E-state index contributed by atoms with van der Waals surface area (Å²) in [6.07, 6.45) is 6.78. The van der Waals surface area contributed by atoms with Crippen LogP contribution in [0, 0.1) is 6.92 Å². The minimum atomic E-state index is 0.858. The molecule has 0 saturated carbocycles. The quantitative estimate of drug-likeness (QED) is 0.615. The summed E-state index contributed by atoms with van der Waals surface area (Å²) in [5, 5.41) is 3.09. The molecule has 0 fully saturated rings. The maximum Gasteiger partial charge on any atom is -0.0112 e. The lowest BCUT2D eigenvalue weighted by Crippen LogP contribution is -2.16. The molecule has 0 aliphatic heterocycles. The van der Waals surface area contributed by atoms with E-state index in [2.05, 4.69) is 31.2 Å². The lowest BCUT2D eigenvalue weighted by atomic mass is 9.72. The highest BCUT2D eigenvalue weighted by Gasteiger charge is 2.27. The molecule has 0 radical (unpaired) electrons. The van der Waals surface area contributed by atoms with Crippen LogP contribution in [-0.2, 0) is 12.8 Å². The molecule has 2 aliphatic carbocycles. The molecule has 4 rings (SSSR count). The van der Waals surface area contributed by atoms with Gasteiger partial charge in [-0.15, -0.1) is 0 Å². The number of hydrogen-bond acceptors (Lipinski definition) is 0. The second-order valence-electron chi connectivity index (χ2n) is 5.73. The lowest BCUT2D eigenvalue weighted by Gasteiger charge is -2.32. The second kappa shape index (κ2) is 3.35. The van der Waals surface area contributed by atoms with Crippen LogP contribution in [0.25, 0.3) is 10.8 Å². The molecular weight excluding hydrogens is 204 g/mol. The molecule has 2 aromatic carbocycles. The molecule has 0 bridgehead atoms. The fourth-order valence-electron chi connectivity index (χ4n) is 3.96. The third kappa shape index (κ3) is 1.24. The topological polar surface area (TPSA) is 0 Å². The van der Waals surface area contributed by atoms with Gasteiger partial charge in [0.05, 0.1) is 0 Å². The number of hydrogen-bond donors (Lipinski definition) is 0. The Balaban J connectivity index is 2.18. The first-order chi connectivity index (χ1) is 8.34. The first-order valence-corrected chi connectivity index (χ1v) is 6.88. The molecule has 86 valence electrons. The van der Waals surface area contributed by atoms with Crippen LogP contribution in [0.1, 0.15) is 47.4 Å². The predicted octanol–water partition coefficient (Wildman–Crippen LogP) is 4.51. The fraction of sp³-hybridized carbons (Fsp3) is 0.412. The Bertz CT molecular complexity index is 607. The van der Waals surface area contributed by atoms with Crippen LogP contribution < -0.4 is 0 Å². The highest BCUT2D eigenvalue weighted by Crippen LogP contribution is 2.44. The van der Waals surface area contributed by atoms with Gasteiger partial charge in [0, 0.05) is 0 Å². The van der Waals surface area contributed by atoms with Gasteiger partial charge < -0.3 is 0 Å². The zero-order valence-electron chi connectivity index (χ0n) is 10.4. The molecule has 1 atom stereocenters. The van der Waals surface area contributed by atoms with E-state index in [4.69, 9.17) is 0 Å². The van der Waals surface area contributed by atoms with E-state index < -0.39 is 0 Å². The minimum Gasteiger partial charge on any atom is -0.0584 e. The Labute approximate surface area is 103 Å². The smallest absolute Gasteiger partial charge is 0.0112 e. The number of benzene rings is 2. The molecule has 0 nitrogen and oxygen atoms in total. The van der Waals surface area contributed by atoms with E-state index in [9.17, 15) is 0 Å². The van der Waals surface area contributed by atoms with Crippen LogP contribution in [0.3, 0.4) is 0 Å². The minimum absolute atomic E-state index is 0.858. The van der Waals surface area contributed by atoms with Gasteiger partial charge in [0.1, 0.15) is 0 Å². The van der Waals surface area contributed by atoms with Gasteiger partial charge in [0.2, 0.25) is 0 Å². The van der Waals surface area contributed by atoms with Gasteiger partial charge in [-0.2, -0.15) is 0 Å². The highest BCUT2D eigenvalue weighted by molar-refractivity contribution is 5.92. The van der Waals surface area contributed by atoms with Gasteiger partial charge in [-0.25, -0.2) is 0 Å². The lowest BCUT2D eigenvalue weighted by molar-refractivity contribution is 0.515. The van der Waals surface area contributed by atoms with Crippen molar-refractivity contribution in [2.24, 2.45) is 0 Å². The van der Waals surface area contributed by atoms with Crippen LogP contribution in [0.2, 0.25) is 0 Å². The Morgan fingerprint density at radius 3 is 2.82 bits per heavy atom. The van der Waals surface area contributed by atoms with Gasteiger partial charge in [-0.3, -0.25) is 0 Å². The van der Waals surface area contributed by atoms with E-state index in [0.29, 0.717) is 0 Å². The van der Waals surface area contributed by atoms with Crippen molar-refractivity contribution in [1.29, 1.82) is 0 Å². The summed E-state index contributed by atoms with van der Waals surface area (Å²) < 4.78 is 0. The molecule has 0 spiro atoms. The first kappa shape index (κ1) is 9.70. The summed E-state index contributed by atoms with van der Waals surface area (Å²) in [5.41, 5.74) is 6.49. The van der Waals surface area contributed by atoms with Crippen molar-refractivity contribution < 1.29 is 0 Å². The maximum atomic E-state index is 2.38. The summed E-state index contributed by atoms with van der Waals surface area (Å²) in [5.74, 6) is 0.858. The maximum absolute atomic E-state index is 2.38. The standard InChI is InChI=1S/C17H18/c1-11-5-6-14-8-7-12-3-2-4-13-9-10-15(11)17(14)16(12)13/h5-8,13H,2-4,9-10H2,1H3. The summed E-state index contributed by atoms with van der Waals surface area (Å²) >= 11 is 0. The molecule has 2 aromatic rings. The Morgan fingerprint density at radius 1 is 1.00 bits per heavy atom. The molecule has 0 heterocycles. The summed E-state index contributed by atoms with van der Waals surface area (Å²) in [4.78, 5) is 0. The van der Waals surface area contributed by atoms with E-state index in [1.54, 1.807) is 22.1 Å². The average molecular weight is 222 g/mol. The zero-order chi connectivity index (χ0) is 11.4. The van der Waals surface area contributed by atoms with Gasteiger partial charge in [0.25, 0.3) is 0 Å². The third-order valence-electron chi connectivity index (χ3n) is 4.81. The molecule has 0 amide bonds. The van der Waals surface area contributed by atoms with E-state index >= 15 is 0 Å². The molecular formula is C17H18. The summed E-state index contributed by atoms with van der Waals surface area (Å²) in [6.45, 7) is 2.28. The molecule has 1 unspecified atom stereocenters. The zero-order valence-corrected chi connectivity index (χ0v) is 10.4. The summed E-state index contributed by atoms with van der Waals surface area (Å²) in [7, 11) is 0. The predicted molar refractivity (Wildman–Crippen MR) is 72.7 cm³/mol. The average Bonchev–Trinajstić information content (AvgIpc) is 2.38. The van der Waals surface area contributed by atoms with Crippen LogP contribution >= 0.6 is 0 Å².